The molecule has 1 fully saturated rings. The van der Waals surface area contributed by atoms with Crippen LogP contribution in [-0.2, 0) is 18.4 Å². The van der Waals surface area contributed by atoms with Gasteiger partial charge in [-0.15, -0.1) is 0 Å². The number of aromatic nitrogens is 3. The number of carbonyl (C=O) groups is 1. The van der Waals surface area contributed by atoms with E-state index in [1.807, 2.05) is 49.1 Å². The van der Waals surface area contributed by atoms with Gasteiger partial charge in [-0.05, 0) is 38.4 Å². The number of hydrogen-bond acceptors (Lipinski definition) is 4. The van der Waals surface area contributed by atoms with E-state index in [-0.39, 0.29) is 5.91 Å². The Labute approximate surface area is 149 Å². The van der Waals surface area contributed by atoms with Crippen molar-refractivity contribution >= 4 is 5.91 Å². The van der Waals surface area contributed by atoms with Crippen LogP contribution < -0.4 is 0 Å². The second kappa shape index (κ2) is 7.78. The van der Waals surface area contributed by atoms with Gasteiger partial charge in [0.2, 0.25) is 5.91 Å². The number of piperidine rings is 1. The Bertz CT molecular complexity index is 712. The average molecular weight is 341 g/mol. The summed E-state index contributed by atoms with van der Waals surface area (Å²) in [6, 6.07) is 3.96. The summed E-state index contributed by atoms with van der Waals surface area (Å²) in [6.07, 6.45) is 7.80. The second-order valence-corrected chi connectivity index (χ2v) is 7.06. The Morgan fingerprint density at radius 3 is 2.96 bits per heavy atom. The molecule has 6 nitrogen and oxygen atoms in total. The number of amides is 1. The first-order valence-electron chi connectivity index (χ1n) is 8.88. The molecule has 3 heterocycles. The van der Waals surface area contributed by atoms with Crippen LogP contribution >= 0.6 is 0 Å². The number of pyridine rings is 1. The van der Waals surface area contributed by atoms with Gasteiger partial charge in [0.1, 0.15) is 5.82 Å². The van der Waals surface area contributed by atoms with Crippen LogP contribution in [0.25, 0.3) is 0 Å². The van der Waals surface area contributed by atoms with E-state index in [1.54, 1.807) is 6.20 Å². The highest BCUT2D eigenvalue weighted by Gasteiger charge is 2.27. The zero-order valence-corrected chi connectivity index (χ0v) is 15.4. The van der Waals surface area contributed by atoms with Crippen molar-refractivity contribution in [2.45, 2.75) is 32.2 Å². The largest absolute Gasteiger partial charge is 0.341 e. The second-order valence-electron chi connectivity index (χ2n) is 7.06. The van der Waals surface area contributed by atoms with E-state index in [0.717, 1.165) is 49.6 Å². The van der Waals surface area contributed by atoms with Crippen molar-refractivity contribution < 1.29 is 4.79 Å². The van der Waals surface area contributed by atoms with Gasteiger partial charge in [0.15, 0.2) is 0 Å². The highest BCUT2D eigenvalue weighted by Crippen LogP contribution is 2.26. The third-order valence-electron chi connectivity index (χ3n) is 4.75. The summed E-state index contributed by atoms with van der Waals surface area (Å²) < 4.78 is 2.10. The third kappa shape index (κ3) is 4.45. The minimum Gasteiger partial charge on any atom is -0.341 e. The normalized spacial score (nSPS) is 17.9. The van der Waals surface area contributed by atoms with E-state index < -0.39 is 0 Å². The molecule has 0 saturated carbocycles. The van der Waals surface area contributed by atoms with Crippen molar-refractivity contribution in [2.75, 3.05) is 26.7 Å². The summed E-state index contributed by atoms with van der Waals surface area (Å²) in [5.74, 6) is 1.63. The topological polar surface area (TPSA) is 54.3 Å². The first kappa shape index (κ1) is 17.6. The zero-order chi connectivity index (χ0) is 17.8. The SMILES string of the molecule is Cc1cn(C)c(C2CCCN(C(=O)CN(C)Cc3cccnc3)C2)n1. The van der Waals surface area contributed by atoms with Crippen molar-refractivity contribution in [3.63, 3.8) is 0 Å². The number of nitrogens with zero attached hydrogens (tertiary/aromatic N) is 5. The molecule has 0 spiro atoms. The smallest absolute Gasteiger partial charge is 0.236 e. The lowest BCUT2D eigenvalue weighted by Crippen LogP contribution is -2.44. The van der Waals surface area contributed by atoms with Crippen LogP contribution in [-0.4, -0.2) is 56.9 Å². The quantitative estimate of drug-likeness (QED) is 0.834. The van der Waals surface area contributed by atoms with Crippen LogP contribution in [0.2, 0.25) is 0 Å². The molecule has 1 aliphatic heterocycles. The maximum absolute atomic E-state index is 12.7. The molecule has 6 heteroatoms. The van der Waals surface area contributed by atoms with Gasteiger partial charge in [-0.25, -0.2) is 4.98 Å². The molecule has 1 aliphatic rings. The van der Waals surface area contributed by atoms with Gasteiger partial charge in [-0.3, -0.25) is 14.7 Å². The van der Waals surface area contributed by atoms with Gasteiger partial charge >= 0.3 is 0 Å². The predicted molar refractivity (Wildman–Crippen MR) is 97.1 cm³/mol. The monoisotopic (exact) mass is 341 g/mol. The van der Waals surface area contributed by atoms with Crippen LogP contribution in [0.15, 0.2) is 30.7 Å². The highest BCUT2D eigenvalue weighted by atomic mass is 16.2. The molecule has 1 amide bonds. The van der Waals surface area contributed by atoms with E-state index in [9.17, 15) is 4.79 Å². The van der Waals surface area contributed by atoms with Gasteiger partial charge in [0.05, 0.1) is 12.2 Å². The first-order valence-corrected chi connectivity index (χ1v) is 8.88. The zero-order valence-electron chi connectivity index (χ0n) is 15.4. The fraction of sp³-hybridized carbons (Fsp3) is 0.526. The van der Waals surface area contributed by atoms with E-state index in [1.165, 1.54) is 0 Å². The van der Waals surface area contributed by atoms with Crippen LogP contribution in [0.3, 0.4) is 0 Å². The summed E-state index contributed by atoms with van der Waals surface area (Å²) in [5, 5.41) is 0. The Hall–Kier alpha value is -2.21. The Balaban J connectivity index is 1.57. The van der Waals surface area contributed by atoms with Crippen molar-refractivity contribution in [1.82, 2.24) is 24.3 Å². The predicted octanol–water partition coefficient (Wildman–Crippen LogP) is 1.96. The molecule has 0 bridgehead atoms. The molecule has 2 aromatic rings. The molecule has 1 saturated heterocycles. The van der Waals surface area contributed by atoms with Gasteiger partial charge in [-0.1, -0.05) is 6.07 Å². The average Bonchev–Trinajstić information content (AvgIpc) is 2.94. The van der Waals surface area contributed by atoms with Crippen molar-refractivity contribution in [2.24, 2.45) is 7.05 Å². The summed E-state index contributed by atoms with van der Waals surface area (Å²) in [7, 11) is 4.02. The van der Waals surface area contributed by atoms with E-state index in [2.05, 4.69) is 20.7 Å². The minimum atomic E-state index is 0.196. The number of imidazole rings is 1. The molecule has 0 radical (unpaired) electrons. The van der Waals surface area contributed by atoms with E-state index >= 15 is 0 Å². The molecular formula is C19H27N5O. The number of carbonyl (C=O) groups excluding carboxylic acids is 1. The molecule has 0 aliphatic carbocycles. The van der Waals surface area contributed by atoms with Gasteiger partial charge in [-0.2, -0.15) is 0 Å². The molecule has 3 rings (SSSR count). The lowest BCUT2D eigenvalue weighted by molar-refractivity contribution is -0.133. The van der Waals surface area contributed by atoms with Crippen LogP contribution in [0, 0.1) is 6.92 Å². The van der Waals surface area contributed by atoms with Crippen LogP contribution in [0.4, 0.5) is 0 Å². The van der Waals surface area contributed by atoms with Crippen LogP contribution in [0.1, 0.15) is 35.8 Å². The summed E-state index contributed by atoms with van der Waals surface area (Å²) in [5.41, 5.74) is 2.16. The number of hydrogen-bond donors (Lipinski definition) is 0. The fourth-order valence-electron chi connectivity index (χ4n) is 3.62. The standard InChI is InChI=1S/C19H27N5O/c1-15-11-23(3)19(21-15)17-7-5-9-24(13-17)18(25)14-22(2)12-16-6-4-8-20-10-16/h4,6,8,10-11,17H,5,7,9,12-14H2,1-3H3. The number of aryl methyl sites for hydroxylation is 2. The minimum absolute atomic E-state index is 0.196. The third-order valence-corrected chi connectivity index (χ3v) is 4.75. The molecule has 25 heavy (non-hydrogen) atoms. The first-order chi connectivity index (χ1) is 12.0. The molecule has 0 aromatic carbocycles. The summed E-state index contributed by atoms with van der Waals surface area (Å²) in [4.78, 5) is 25.5. The summed E-state index contributed by atoms with van der Waals surface area (Å²) in [6.45, 7) is 4.79. The molecule has 1 atom stereocenters. The lowest BCUT2D eigenvalue weighted by atomic mass is 9.97. The molecule has 1 unspecified atom stereocenters. The molecule has 0 N–H and O–H groups in total. The maximum Gasteiger partial charge on any atom is 0.236 e. The molecule has 134 valence electrons. The van der Waals surface area contributed by atoms with Gasteiger partial charge in [0, 0.05) is 51.2 Å². The molecule has 2 aromatic heterocycles. The number of likely N-dealkylation sites (N-methyl/N-ethyl adjacent to an activating group) is 1. The number of rotatable bonds is 5. The summed E-state index contributed by atoms with van der Waals surface area (Å²) >= 11 is 0. The van der Waals surface area contributed by atoms with Gasteiger partial charge in [0.25, 0.3) is 0 Å². The Kier molecular flexibility index (Phi) is 5.48. The fourth-order valence-corrected chi connectivity index (χ4v) is 3.62. The molecular weight excluding hydrogens is 314 g/mol. The Morgan fingerprint density at radius 2 is 2.28 bits per heavy atom. The number of likely N-dealkylation sites (tertiary alicyclic amines) is 1. The van der Waals surface area contributed by atoms with Crippen molar-refractivity contribution in [1.29, 1.82) is 0 Å². The highest BCUT2D eigenvalue weighted by molar-refractivity contribution is 5.78. The lowest BCUT2D eigenvalue weighted by Gasteiger charge is -2.33. The van der Waals surface area contributed by atoms with Gasteiger partial charge < -0.3 is 9.47 Å². The van der Waals surface area contributed by atoms with E-state index in [4.69, 9.17) is 0 Å². The van der Waals surface area contributed by atoms with Crippen molar-refractivity contribution in [3.8, 4) is 0 Å². The van der Waals surface area contributed by atoms with Crippen LogP contribution in [0.5, 0.6) is 0 Å². The Morgan fingerprint density at radius 1 is 1.44 bits per heavy atom. The van der Waals surface area contributed by atoms with E-state index in [0.29, 0.717) is 12.5 Å². The van der Waals surface area contributed by atoms with Crippen molar-refractivity contribution in [3.05, 3.63) is 47.8 Å². The maximum atomic E-state index is 12.7.